The third-order valence-corrected chi connectivity index (χ3v) is 2.94. The molecule has 0 aromatic carbocycles. The first-order valence-electron chi connectivity index (χ1n) is 5.26. The minimum atomic E-state index is 0.221. The van der Waals surface area contributed by atoms with Crippen LogP contribution in [-0.4, -0.2) is 12.1 Å². The molecular formula is C12H21N. The van der Waals surface area contributed by atoms with E-state index < -0.39 is 0 Å². The highest BCUT2D eigenvalue weighted by Crippen LogP contribution is 2.35. The summed E-state index contributed by atoms with van der Waals surface area (Å²) in [6.07, 6.45) is 10.6. The third-order valence-electron chi connectivity index (χ3n) is 2.94. The topological polar surface area (TPSA) is 12.0 Å². The van der Waals surface area contributed by atoms with Gasteiger partial charge < -0.3 is 5.32 Å². The molecule has 1 saturated carbocycles. The fraction of sp³-hybridized carbons (Fsp3) is 0.833. The van der Waals surface area contributed by atoms with E-state index in [0.29, 0.717) is 11.5 Å². The third kappa shape index (κ3) is 3.40. The van der Waals surface area contributed by atoms with Gasteiger partial charge in [-0.05, 0) is 31.6 Å². The van der Waals surface area contributed by atoms with Crippen LogP contribution in [0.2, 0.25) is 0 Å². The molecule has 74 valence electrons. The van der Waals surface area contributed by atoms with Crippen LogP contribution in [0, 0.1) is 17.8 Å². The summed E-state index contributed by atoms with van der Waals surface area (Å²) >= 11 is 0. The van der Waals surface area contributed by atoms with Gasteiger partial charge in [-0.25, -0.2) is 0 Å². The van der Waals surface area contributed by atoms with Crippen LogP contribution in [0.25, 0.3) is 0 Å². The van der Waals surface area contributed by atoms with Gasteiger partial charge in [0.05, 0.1) is 6.04 Å². The number of terminal acetylenes is 1. The molecule has 1 fully saturated rings. The van der Waals surface area contributed by atoms with Gasteiger partial charge in [0.1, 0.15) is 0 Å². The van der Waals surface area contributed by atoms with E-state index in [1.165, 1.54) is 25.7 Å². The molecule has 1 N–H and O–H groups in total. The fourth-order valence-corrected chi connectivity index (χ4v) is 2.24. The van der Waals surface area contributed by atoms with Gasteiger partial charge in [0.2, 0.25) is 0 Å². The van der Waals surface area contributed by atoms with Gasteiger partial charge in [0.25, 0.3) is 0 Å². The van der Waals surface area contributed by atoms with Crippen molar-refractivity contribution in [3.63, 3.8) is 0 Å². The molecular weight excluding hydrogens is 158 g/mol. The van der Waals surface area contributed by atoms with Gasteiger partial charge in [-0.3, -0.25) is 0 Å². The van der Waals surface area contributed by atoms with Gasteiger partial charge in [-0.15, -0.1) is 6.42 Å². The average molecular weight is 179 g/mol. The molecule has 0 amide bonds. The molecule has 0 aromatic rings. The zero-order valence-corrected chi connectivity index (χ0v) is 9.06. The Morgan fingerprint density at radius 2 is 2.23 bits per heavy atom. The zero-order chi connectivity index (χ0) is 9.90. The number of hydrogen-bond donors (Lipinski definition) is 1. The predicted molar refractivity (Wildman–Crippen MR) is 57.5 cm³/mol. The Balaban J connectivity index is 2.40. The van der Waals surface area contributed by atoms with Gasteiger partial charge in [-0.2, -0.15) is 0 Å². The van der Waals surface area contributed by atoms with Crippen LogP contribution in [0.3, 0.4) is 0 Å². The summed E-state index contributed by atoms with van der Waals surface area (Å²) in [5.41, 5.74) is 0.504. The molecule has 1 rings (SSSR count). The SMILES string of the molecule is C#CC(C)NC1CCCC(C)(C)C1. The molecule has 0 aromatic heterocycles. The van der Waals surface area contributed by atoms with Gasteiger partial charge in [0.15, 0.2) is 0 Å². The lowest BCUT2D eigenvalue weighted by atomic mass is 9.75. The second-order valence-electron chi connectivity index (χ2n) is 5.01. The van der Waals surface area contributed by atoms with E-state index in [-0.39, 0.29) is 6.04 Å². The van der Waals surface area contributed by atoms with E-state index in [2.05, 4.69) is 32.0 Å². The van der Waals surface area contributed by atoms with Crippen molar-refractivity contribution in [2.45, 2.75) is 58.5 Å². The summed E-state index contributed by atoms with van der Waals surface area (Å²) in [5, 5.41) is 3.49. The molecule has 2 unspecified atom stereocenters. The molecule has 1 aliphatic carbocycles. The number of rotatable bonds is 2. The van der Waals surface area contributed by atoms with Crippen molar-refractivity contribution >= 4 is 0 Å². The zero-order valence-electron chi connectivity index (χ0n) is 9.06. The van der Waals surface area contributed by atoms with Crippen molar-refractivity contribution in [2.75, 3.05) is 0 Å². The van der Waals surface area contributed by atoms with E-state index in [9.17, 15) is 0 Å². The highest BCUT2D eigenvalue weighted by atomic mass is 14.9. The number of nitrogens with one attached hydrogen (secondary N) is 1. The normalized spacial score (nSPS) is 29.2. The molecule has 0 radical (unpaired) electrons. The molecule has 2 atom stereocenters. The van der Waals surface area contributed by atoms with E-state index in [4.69, 9.17) is 6.42 Å². The Hall–Kier alpha value is -0.480. The Bertz CT molecular complexity index is 200. The van der Waals surface area contributed by atoms with Crippen LogP contribution in [-0.2, 0) is 0 Å². The molecule has 0 heterocycles. The first-order chi connectivity index (χ1) is 6.03. The average Bonchev–Trinajstić information content (AvgIpc) is 2.02. The standard InChI is InChI=1S/C12H21N/c1-5-10(2)13-11-7-6-8-12(3,4)9-11/h1,10-11,13H,6-9H2,2-4H3. The summed E-state index contributed by atoms with van der Waals surface area (Å²) in [4.78, 5) is 0. The Morgan fingerprint density at radius 1 is 1.54 bits per heavy atom. The van der Waals surface area contributed by atoms with Crippen LogP contribution in [0.15, 0.2) is 0 Å². The molecule has 1 heteroatoms. The van der Waals surface area contributed by atoms with E-state index in [1.807, 2.05) is 0 Å². The maximum Gasteiger partial charge on any atom is 0.0660 e. The van der Waals surface area contributed by atoms with Gasteiger partial charge in [0, 0.05) is 6.04 Å². The first-order valence-corrected chi connectivity index (χ1v) is 5.26. The molecule has 0 saturated heterocycles. The molecule has 0 bridgehead atoms. The Labute approximate surface area is 82.3 Å². The van der Waals surface area contributed by atoms with E-state index in [1.54, 1.807) is 0 Å². The van der Waals surface area contributed by atoms with Crippen molar-refractivity contribution in [3.05, 3.63) is 0 Å². The smallest absolute Gasteiger partial charge is 0.0660 e. The summed E-state index contributed by atoms with van der Waals surface area (Å²) in [6.45, 7) is 6.75. The molecule has 1 nitrogen and oxygen atoms in total. The Kier molecular flexibility index (Phi) is 3.39. The quantitative estimate of drug-likeness (QED) is 0.642. The van der Waals surface area contributed by atoms with Crippen molar-refractivity contribution < 1.29 is 0 Å². The monoisotopic (exact) mass is 179 g/mol. The van der Waals surface area contributed by atoms with Gasteiger partial charge >= 0.3 is 0 Å². The minimum absolute atomic E-state index is 0.221. The summed E-state index contributed by atoms with van der Waals surface area (Å²) in [7, 11) is 0. The second kappa shape index (κ2) is 4.15. The van der Waals surface area contributed by atoms with Crippen LogP contribution in [0.4, 0.5) is 0 Å². The van der Waals surface area contributed by atoms with E-state index in [0.717, 1.165) is 0 Å². The van der Waals surface area contributed by atoms with Crippen LogP contribution in [0.5, 0.6) is 0 Å². The predicted octanol–water partition coefficient (Wildman–Crippen LogP) is 2.57. The lowest BCUT2D eigenvalue weighted by molar-refractivity contribution is 0.196. The highest BCUT2D eigenvalue weighted by molar-refractivity contribution is 4.98. The summed E-state index contributed by atoms with van der Waals surface area (Å²) in [5.74, 6) is 2.73. The number of hydrogen-bond acceptors (Lipinski definition) is 1. The first kappa shape index (κ1) is 10.6. The maximum absolute atomic E-state index is 5.34. The highest BCUT2D eigenvalue weighted by Gasteiger charge is 2.27. The lowest BCUT2D eigenvalue weighted by Gasteiger charge is -2.36. The van der Waals surface area contributed by atoms with Crippen molar-refractivity contribution in [3.8, 4) is 12.3 Å². The molecule has 0 spiro atoms. The van der Waals surface area contributed by atoms with Crippen LogP contribution >= 0.6 is 0 Å². The summed E-state index contributed by atoms with van der Waals surface area (Å²) < 4.78 is 0. The van der Waals surface area contributed by atoms with Crippen molar-refractivity contribution in [1.82, 2.24) is 5.32 Å². The minimum Gasteiger partial charge on any atom is -0.301 e. The van der Waals surface area contributed by atoms with E-state index >= 15 is 0 Å². The second-order valence-corrected chi connectivity index (χ2v) is 5.01. The van der Waals surface area contributed by atoms with Crippen molar-refractivity contribution in [2.24, 2.45) is 5.41 Å². The summed E-state index contributed by atoms with van der Waals surface area (Å²) in [6, 6.07) is 0.855. The van der Waals surface area contributed by atoms with Gasteiger partial charge in [-0.1, -0.05) is 26.2 Å². The fourth-order valence-electron chi connectivity index (χ4n) is 2.24. The van der Waals surface area contributed by atoms with Crippen LogP contribution < -0.4 is 5.32 Å². The maximum atomic E-state index is 5.34. The Morgan fingerprint density at radius 3 is 2.77 bits per heavy atom. The van der Waals surface area contributed by atoms with Crippen LogP contribution in [0.1, 0.15) is 46.5 Å². The molecule has 1 aliphatic rings. The lowest BCUT2D eigenvalue weighted by Crippen LogP contribution is -2.41. The van der Waals surface area contributed by atoms with Crippen molar-refractivity contribution in [1.29, 1.82) is 0 Å². The molecule has 13 heavy (non-hydrogen) atoms. The largest absolute Gasteiger partial charge is 0.301 e. The molecule has 0 aliphatic heterocycles.